The zero-order valence-corrected chi connectivity index (χ0v) is 25.2. The Labute approximate surface area is 228 Å². The SMILES string of the molecule is CC(=O)OC1C[C@@H]2[C@@]3(C)CCC(=O)C(C)(C)C3CC[C@@]2(C)[C@]2(C)CC[C@@]3(O[C@@]4(C(C)(C)O)CC[C@]3(C)O4)C12. The van der Waals surface area contributed by atoms with Crippen LogP contribution in [-0.4, -0.2) is 45.6 Å². The Hall–Kier alpha value is -0.980. The molecule has 1 N–H and O–H groups in total. The standard InChI is InChI=1S/C32H50O6/c1-19(33)36-20-18-22-27(6)12-11-23(34)25(2,3)21(27)10-13-28(22,7)29(8)14-16-31(24(20)29)30(9)15-17-32(37-30,38-31)26(4,5)35/h20-22,24,35H,10-18H2,1-9H3/t20?,21?,22-,24?,27+,28-,29-,30+,31-,32-/m1/s1. The van der Waals surface area contributed by atoms with E-state index < -0.39 is 22.6 Å². The van der Waals surface area contributed by atoms with Crippen LogP contribution in [0.3, 0.4) is 0 Å². The van der Waals surface area contributed by atoms with Crippen molar-refractivity contribution >= 4 is 11.8 Å². The van der Waals surface area contributed by atoms with Crippen LogP contribution in [0.4, 0.5) is 0 Å². The summed E-state index contributed by atoms with van der Waals surface area (Å²) in [7, 11) is 0. The first-order chi connectivity index (χ1) is 17.3. The number of ether oxygens (including phenoxy) is 3. The van der Waals surface area contributed by atoms with Crippen LogP contribution in [0, 0.1) is 39.4 Å². The van der Waals surface area contributed by atoms with Crippen LogP contribution in [0.2, 0.25) is 0 Å². The number of hydrogen-bond acceptors (Lipinski definition) is 6. The minimum absolute atomic E-state index is 0.0107. The van der Waals surface area contributed by atoms with Crippen molar-refractivity contribution in [2.45, 2.75) is 149 Å². The molecule has 0 radical (unpaired) electrons. The molecule has 0 aromatic carbocycles. The van der Waals surface area contributed by atoms with Crippen LogP contribution in [0.25, 0.3) is 0 Å². The summed E-state index contributed by atoms with van der Waals surface area (Å²) >= 11 is 0. The van der Waals surface area contributed by atoms with Gasteiger partial charge in [0.25, 0.3) is 0 Å². The highest BCUT2D eigenvalue weighted by Crippen LogP contribution is 2.79. The van der Waals surface area contributed by atoms with E-state index in [9.17, 15) is 14.7 Å². The first-order valence-electron chi connectivity index (χ1n) is 15.2. The van der Waals surface area contributed by atoms with E-state index in [1.807, 2.05) is 0 Å². The minimum Gasteiger partial charge on any atom is -0.462 e. The van der Waals surface area contributed by atoms with Crippen molar-refractivity contribution in [3.05, 3.63) is 0 Å². The quantitative estimate of drug-likeness (QED) is 0.443. The van der Waals surface area contributed by atoms with Gasteiger partial charge in [-0.1, -0.05) is 34.6 Å². The second kappa shape index (κ2) is 7.45. The molecule has 4 aliphatic carbocycles. The van der Waals surface area contributed by atoms with E-state index in [0.717, 1.165) is 44.9 Å². The normalized spacial score (nSPS) is 54.9. The molecule has 2 heterocycles. The maximum Gasteiger partial charge on any atom is 0.302 e. The molecule has 6 rings (SSSR count). The lowest BCUT2D eigenvalue weighted by atomic mass is 9.35. The largest absolute Gasteiger partial charge is 0.462 e. The van der Waals surface area contributed by atoms with E-state index in [-0.39, 0.29) is 39.7 Å². The number of carbonyl (C=O) groups excluding carboxylic acids is 2. The van der Waals surface area contributed by atoms with Crippen LogP contribution < -0.4 is 0 Å². The molecule has 0 aromatic rings. The first-order valence-corrected chi connectivity index (χ1v) is 15.2. The van der Waals surface area contributed by atoms with Crippen LogP contribution in [0.1, 0.15) is 120 Å². The van der Waals surface area contributed by atoms with Gasteiger partial charge in [0.2, 0.25) is 0 Å². The Bertz CT molecular complexity index is 1080. The van der Waals surface area contributed by atoms with Crippen LogP contribution >= 0.6 is 0 Å². The highest BCUT2D eigenvalue weighted by Gasteiger charge is 2.82. The third-order valence-corrected chi connectivity index (χ3v) is 14.0. The third kappa shape index (κ3) is 2.91. The van der Waals surface area contributed by atoms with Crippen LogP contribution in [-0.2, 0) is 23.8 Å². The summed E-state index contributed by atoms with van der Waals surface area (Å²) in [5.41, 5.74) is -2.73. The van der Waals surface area contributed by atoms with Gasteiger partial charge in [-0.3, -0.25) is 9.59 Å². The molecular weight excluding hydrogens is 480 g/mol. The van der Waals surface area contributed by atoms with Gasteiger partial charge in [-0.25, -0.2) is 0 Å². The fourth-order valence-electron chi connectivity index (χ4n) is 11.8. The topological polar surface area (TPSA) is 82.1 Å². The van der Waals surface area contributed by atoms with E-state index in [1.54, 1.807) is 13.8 Å². The number of aliphatic hydroxyl groups is 1. The predicted molar refractivity (Wildman–Crippen MR) is 143 cm³/mol. The van der Waals surface area contributed by atoms with Crippen molar-refractivity contribution in [1.29, 1.82) is 0 Å². The molecule has 1 spiro atoms. The van der Waals surface area contributed by atoms with Gasteiger partial charge in [0.1, 0.15) is 23.1 Å². The Morgan fingerprint density at radius 1 is 0.921 bits per heavy atom. The van der Waals surface area contributed by atoms with Crippen molar-refractivity contribution in [2.75, 3.05) is 0 Å². The number of hydrogen-bond donors (Lipinski definition) is 1. The van der Waals surface area contributed by atoms with Crippen molar-refractivity contribution in [1.82, 2.24) is 0 Å². The second-order valence-corrected chi connectivity index (χ2v) is 16.1. The average Bonchev–Trinajstić information content (AvgIpc) is 3.39. The molecule has 38 heavy (non-hydrogen) atoms. The number of carbonyl (C=O) groups is 2. The lowest BCUT2D eigenvalue weighted by molar-refractivity contribution is -0.294. The van der Waals surface area contributed by atoms with E-state index in [4.69, 9.17) is 14.2 Å². The average molecular weight is 531 g/mol. The third-order valence-electron chi connectivity index (χ3n) is 14.0. The van der Waals surface area contributed by atoms with Crippen molar-refractivity contribution in [3.8, 4) is 0 Å². The van der Waals surface area contributed by atoms with Crippen LogP contribution in [0.15, 0.2) is 0 Å². The summed E-state index contributed by atoms with van der Waals surface area (Å²) in [5, 5.41) is 11.2. The summed E-state index contributed by atoms with van der Waals surface area (Å²) in [6.07, 6.45) is 7.50. The minimum atomic E-state index is -1.14. The highest BCUT2D eigenvalue weighted by atomic mass is 16.8. The van der Waals surface area contributed by atoms with Gasteiger partial charge in [0, 0.05) is 31.1 Å². The fraction of sp³-hybridized carbons (Fsp3) is 0.938. The zero-order chi connectivity index (χ0) is 27.9. The Morgan fingerprint density at radius 2 is 1.61 bits per heavy atom. The molecule has 214 valence electrons. The smallest absolute Gasteiger partial charge is 0.302 e. The Kier molecular flexibility index (Phi) is 5.33. The fourth-order valence-corrected chi connectivity index (χ4v) is 11.8. The predicted octanol–water partition coefficient (Wildman–Crippen LogP) is 5.97. The van der Waals surface area contributed by atoms with E-state index >= 15 is 0 Å². The molecule has 6 nitrogen and oxygen atoms in total. The first kappa shape index (κ1) is 27.2. The highest BCUT2D eigenvalue weighted by molar-refractivity contribution is 5.85. The molecule has 0 aromatic heterocycles. The van der Waals surface area contributed by atoms with Gasteiger partial charge >= 0.3 is 5.97 Å². The summed E-state index contributed by atoms with van der Waals surface area (Å²) in [6.45, 7) is 19.0. The van der Waals surface area contributed by atoms with Crippen molar-refractivity contribution in [2.24, 2.45) is 39.4 Å². The van der Waals surface area contributed by atoms with Gasteiger partial charge in [0.15, 0.2) is 5.79 Å². The van der Waals surface area contributed by atoms with Gasteiger partial charge in [-0.2, -0.15) is 0 Å². The summed E-state index contributed by atoms with van der Waals surface area (Å²) in [5.74, 6) is -0.224. The molecule has 6 heteroatoms. The summed E-state index contributed by atoms with van der Waals surface area (Å²) < 4.78 is 20.2. The molecule has 2 aliphatic heterocycles. The van der Waals surface area contributed by atoms with Crippen LogP contribution in [0.5, 0.6) is 0 Å². The van der Waals surface area contributed by atoms with E-state index in [1.165, 1.54) is 6.92 Å². The summed E-state index contributed by atoms with van der Waals surface area (Å²) in [4.78, 5) is 25.7. The second-order valence-electron chi connectivity index (χ2n) is 16.1. The zero-order valence-electron chi connectivity index (χ0n) is 25.2. The maximum atomic E-state index is 13.1. The van der Waals surface area contributed by atoms with Crippen molar-refractivity contribution < 1.29 is 28.9 Å². The van der Waals surface area contributed by atoms with E-state index in [0.29, 0.717) is 30.5 Å². The lowest BCUT2D eigenvalue weighted by Crippen LogP contribution is -2.69. The molecule has 0 amide bonds. The molecule has 2 bridgehead atoms. The monoisotopic (exact) mass is 530 g/mol. The molecular formula is C32H50O6. The molecule has 4 saturated carbocycles. The lowest BCUT2D eigenvalue weighted by Gasteiger charge is -2.70. The molecule has 2 saturated heterocycles. The maximum absolute atomic E-state index is 13.1. The van der Waals surface area contributed by atoms with Gasteiger partial charge < -0.3 is 19.3 Å². The molecule has 3 unspecified atom stereocenters. The molecule has 6 aliphatic rings. The van der Waals surface area contributed by atoms with Gasteiger partial charge in [0.05, 0.1) is 5.60 Å². The van der Waals surface area contributed by atoms with E-state index in [2.05, 4.69) is 41.5 Å². The van der Waals surface area contributed by atoms with Gasteiger partial charge in [-0.05, 0) is 93.8 Å². The Morgan fingerprint density at radius 3 is 2.21 bits per heavy atom. The number of rotatable bonds is 2. The molecule has 6 fully saturated rings. The van der Waals surface area contributed by atoms with Gasteiger partial charge in [-0.15, -0.1) is 0 Å². The number of esters is 1. The Balaban J connectivity index is 1.48. The summed E-state index contributed by atoms with van der Waals surface area (Å²) in [6, 6.07) is 0. The number of fused-ring (bicyclic) bond motifs is 9. The van der Waals surface area contributed by atoms with Crippen molar-refractivity contribution in [3.63, 3.8) is 0 Å². The number of ketones is 1. The molecule has 10 atom stereocenters. The number of Topliss-reactive ketones (excluding diaryl/α,β-unsaturated/α-hetero) is 1.